The second kappa shape index (κ2) is 9.71. The molecule has 1 aromatic carbocycles. The van der Waals surface area contributed by atoms with Gasteiger partial charge in [-0.1, -0.05) is 0 Å². The summed E-state index contributed by atoms with van der Waals surface area (Å²) in [6.07, 6.45) is 2.65. The Balaban J connectivity index is 1.47. The van der Waals surface area contributed by atoms with E-state index in [1.165, 1.54) is 0 Å². The molecular formula is C24H33N5O3. The van der Waals surface area contributed by atoms with E-state index in [1.54, 1.807) is 6.92 Å². The molecule has 0 saturated carbocycles. The first-order valence-electron chi connectivity index (χ1n) is 11.7. The first-order chi connectivity index (χ1) is 15.5. The molecule has 4 rings (SSSR count). The van der Waals surface area contributed by atoms with Crippen LogP contribution < -0.4 is 9.64 Å². The van der Waals surface area contributed by atoms with Crippen LogP contribution in [0.2, 0.25) is 0 Å². The maximum atomic E-state index is 13.3. The topological polar surface area (TPSA) is 78.9 Å². The number of carbonyl (C=O) groups excluding carboxylic acids is 2. The maximum Gasteiger partial charge on any atom is 0.227 e. The number of hydrogen-bond acceptors (Lipinski definition) is 6. The summed E-state index contributed by atoms with van der Waals surface area (Å²) in [7, 11) is 0. The van der Waals surface area contributed by atoms with Gasteiger partial charge in [0.25, 0.3) is 0 Å². The van der Waals surface area contributed by atoms with Gasteiger partial charge >= 0.3 is 0 Å². The molecule has 172 valence electrons. The van der Waals surface area contributed by atoms with Crippen LogP contribution in [0.4, 0.5) is 5.95 Å². The van der Waals surface area contributed by atoms with Crippen LogP contribution in [-0.4, -0.2) is 77.5 Å². The van der Waals surface area contributed by atoms with Crippen molar-refractivity contribution in [3.8, 4) is 5.75 Å². The van der Waals surface area contributed by atoms with E-state index in [-0.39, 0.29) is 17.7 Å². The van der Waals surface area contributed by atoms with Gasteiger partial charge in [0, 0.05) is 51.6 Å². The van der Waals surface area contributed by atoms with Gasteiger partial charge in [-0.25, -0.2) is 9.97 Å². The molecule has 0 aliphatic carbocycles. The molecule has 8 nitrogen and oxygen atoms in total. The van der Waals surface area contributed by atoms with E-state index < -0.39 is 0 Å². The number of hydrogen-bond donors (Lipinski definition) is 0. The Kier molecular flexibility index (Phi) is 6.77. The fourth-order valence-corrected chi connectivity index (χ4v) is 4.71. The minimum Gasteiger partial charge on any atom is -0.494 e. The normalized spacial score (nSPS) is 19.7. The van der Waals surface area contributed by atoms with Gasteiger partial charge in [0.1, 0.15) is 5.75 Å². The highest BCUT2D eigenvalue weighted by Crippen LogP contribution is 2.27. The molecule has 3 heterocycles. The van der Waals surface area contributed by atoms with Gasteiger partial charge in [-0.05, 0) is 51.3 Å². The SMILES string of the molecule is CCOc1ccc2nc(N3CCCC(C(=O)N4CCCN(C(C)=O)CC4)C3)nc(C)c2c1. The number of piperidine rings is 1. The van der Waals surface area contributed by atoms with Crippen molar-refractivity contribution in [2.75, 3.05) is 50.8 Å². The molecule has 2 saturated heterocycles. The average molecular weight is 440 g/mol. The van der Waals surface area contributed by atoms with Gasteiger partial charge in [0.05, 0.1) is 23.7 Å². The molecular weight excluding hydrogens is 406 g/mol. The van der Waals surface area contributed by atoms with Crippen molar-refractivity contribution in [3.05, 3.63) is 23.9 Å². The molecule has 32 heavy (non-hydrogen) atoms. The van der Waals surface area contributed by atoms with Gasteiger partial charge in [-0.3, -0.25) is 9.59 Å². The summed E-state index contributed by atoms with van der Waals surface area (Å²) < 4.78 is 5.61. The van der Waals surface area contributed by atoms with E-state index in [4.69, 9.17) is 14.7 Å². The molecule has 2 fully saturated rings. The smallest absolute Gasteiger partial charge is 0.227 e. The molecule has 1 unspecified atom stereocenters. The highest BCUT2D eigenvalue weighted by Gasteiger charge is 2.31. The van der Waals surface area contributed by atoms with Crippen LogP contribution in [0.3, 0.4) is 0 Å². The summed E-state index contributed by atoms with van der Waals surface area (Å²) in [5, 5.41) is 0.990. The van der Waals surface area contributed by atoms with Crippen LogP contribution in [0, 0.1) is 12.8 Å². The van der Waals surface area contributed by atoms with Crippen molar-refractivity contribution in [3.63, 3.8) is 0 Å². The number of nitrogens with zero attached hydrogens (tertiary/aromatic N) is 5. The molecule has 0 radical (unpaired) electrons. The first kappa shape index (κ1) is 22.3. The molecule has 0 N–H and O–H groups in total. The number of aromatic nitrogens is 2. The van der Waals surface area contributed by atoms with E-state index in [0.29, 0.717) is 38.7 Å². The third kappa shape index (κ3) is 4.79. The number of rotatable bonds is 4. The van der Waals surface area contributed by atoms with Gasteiger partial charge in [-0.2, -0.15) is 0 Å². The van der Waals surface area contributed by atoms with Crippen molar-refractivity contribution in [2.24, 2.45) is 5.92 Å². The molecule has 1 aromatic heterocycles. The predicted molar refractivity (Wildman–Crippen MR) is 124 cm³/mol. The van der Waals surface area contributed by atoms with Crippen LogP contribution in [0.25, 0.3) is 10.9 Å². The fourth-order valence-electron chi connectivity index (χ4n) is 4.71. The lowest BCUT2D eigenvalue weighted by Gasteiger charge is -2.35. The summed E-state index contributed by atoms with van der Waals surface area (Å²) >= 11 is 0. The van der Waals surface area contributed by atoms with E-state index in [9.17, 15) is 9.59 Å². The van der Waals surface area contributed by atoms with Crippen LogP contribution in [0.5, 0.6) is 5.75 Å². The van der Waals surface area contributed by atoms with Crippen molar-refractivity contribution in [2.45, 2.75) is 40.0 Å². The van der Waals surface area contributed by atoms with Gasteiger partial charge in [-0.15, -0.1) is 0 Å². The summed E-state index contributed by atoms with van der Waals surface area (Å²) in [5.41, 5.74) is 1.80. The number of aryl methyl sites for hydroxylation is 1. The van der Waals surface area contributed by atoms with E-state index in [2.05, 4.69) is 4.90 Å². The standard InChI is InChI=1S/C24H33N5O3/c1-4-32-20-8-9-22-21(15-20)17(2)25-24(26-22)29-10-5-7-19(16-29)23(31)28-12-6-11-27(13-14-28)18(3)30/h8-9,15,19H,4-7,10-14,16H2,1-3H3. The number of amides is 2. The van der Waals surface area contributed by atoms with Crippen molar-refractivity contribution >= 4 is 28.7 Å². The Morgan fingerprint density at radius 2 is 1.84 bits per heavy atom. The Bertz CT molecular complexity index is 995. The Morgan fingerprint density at radius 1 is 1.06 bits per heavy atom. The molecule has 2 aliphatic heterocycles. The monoisotopic (exact) mass is 439 g/mol. The quantitative estimate of drug-likeness (QED) is 0.729. The third-order valence-corrected chi connectivity index (χ3v) is 6.46. The van der Waals surface area contributed by atoms with E-state index in [0.717, 1.165) is 54.7 Å². The maximum absolute atomic E-state index is 13.3. The number of ether oxygens (including phenoxy) is 1. The van der Waals surface area contributed by atoms with Crippen molar-refractivity contribution in [1.29, 1.82) is 0 Å². The predicted octanol–water partition coefficient (Wildman–Crippen LogP) is 2.63. The minimum absolute atomic E-state index is 0.0624. The highest BCUT2D eigenvalue weighted by atomic mass is 16.5. The Hall–Kier alpha value is -2.90. The number of carbonyl (C=O) groups is 2. The summed E-state index contributed by atoms with van der Waals surface area (Å²) in [6, 6.07) is 5.90. The zero-order chi connectivity index (χ0) is 22.7. The van der Waals surface area contributed by atoms with Gasteiger partial charge < -0.3 is 19.4 Å². The lowest BCUT2D eigenvalue weighted by Crippen LogP contribution is -2.46. The number of anilines is 1. The molecule has 0 spiro atoms. The van der Waals surface area contributed by atoms with Gasteiger partial charge in [0.2, 0.25) is 17.8 Å². The van der Waals surface area contributed by atoms with Crippen molar-refractivity contribution in [1.82, 2.24) is 19.8 Å². The zero-order valence-corrected chi connectivity index (χ0v) is 19.3. The number of fused-ring (bicyclic) bond motifs is 1. The lowest BCUT2D eigenvalue weighted by atomic mass is 9.96. The van der Waals surface area contributed by atoms with Crippen LogP contribution in [0.1, 0.15) is 38.8 Å². The zero-order valence-electron chi connectivity index (χ0n) is 19.3. The molecule has 2 aliphatic rings. The molecule has 2 aromatic rings. The summed E-state index contributed by atoms with van der Waals surface area (Å²) in [4.78, 5) is 40.5. The lowest BCUT2D eigenvalue weighted by molar-refractivity contribution is -0.136. The van der Waals surface area contributed by atoms with Crippen LogP contribution >= 0.6 is 0 Å². The fraction of sp³-hybridized carbons (Fsp3) is 0.583. The Labute approximate surface area is 189 Å². The second-order valence-corrected chi connectivity index (χ2v) is 8.69. The van der Waals surface area contributed by atoms with Crippen LogP contribution in [0.15, 0.2) is 18.2 Å². The third-order valence-electron chi connectivity index (χ3n) is 6.46. The average Bonchev–Trinajstić information content (AvgIpc) is 3.06. The molecule has 1 atom stereocenters. The summed E-state index contributed by atoms with van der Waals surface area (Å²) in [6.45, 7) is 10.3. The second-order valence-electron chi connectivity index (χ2n) is 8.69. The van der Waals surface area contributed by atoms with E-state index >= 15 is 0 Å². The molecule has 8 heteroatoms. The largest absolute Gasteiger partial charge is 0.494 e. The summed E-state index contributed by atoms with van der Waals surface area (Å²) in [5.74, 6) is 1.73. The highest BCUT2D eigenvalue weighted by molar-refractivity contribution is 5.84. The molecule has 2 amide bonds. The Morgan fingerprint density at radius 3 is 2.62 bits per heavy atom. The first-order valence-corrected chi connectivity index (χ1v) is 11.7. The van der Waals surface area contributed by atoms with Gasteiger partial charge in [0.15, 0.2) is 0 Å². The van der Waals surface area contributed by atoms with Crippen LogP contribution in [-0.2, 0) is 9.59 Å². The van der Waals surface area contributed by atoms with E-state index in [1.807, 2.05) is 41.8 Å². The number of benzene rings is 1. The molecule has 0 bridgehead atoms. The van der Waals surface area contributed by atoms with Crippen molar-refractivity contribution < 1.29 is 14.3 Å². The minimum atomic E-state index is -0.0624.